The highest BCUT2D eigenvalue weighted by molar-refractivity contribution is 6.36. The fourth-order valence-corrected chi connectivity index (χ4v) is 25.8. The van der Waals surface area contributed by atoms with Crippen LogP contribution in [0.3, 0.4) is 0 Å². The summed E-state index contributed by atoms with van der Waals surface area (Å²) in [6.45, 7) is 0. The molecule has 35 rings (SSSR count). The maximum atomic E-state index is 6.53. The summed E-state index contributed by atoms with van der Waals surface area (Å²) in [7, 11) is 0. The van der Waals surface area contributed by atoms with E-state index < -0.39 is 0 Å². The average Bonchev–Trinajstić information content (AvgIpc) is 1.53. The molecule has 0 aliphatic heterocycles. The van der Waals surface area contributed by atoms with Crippen LogP contribution < -0.4 is 0 Å². The molecule has 23 aromatic carbocycles. The molecule has 147 heavy (non-hydrogen) atoms. The molecule has 0 atom stereocenters. The van der Waals surface area contributed by atoms with E-state index in [0.717, 1.165) is 143 Å². The first-order chi connectivity index (χ1) is 73.0. The van der Waals surface area contributed by atoms with Crippen LogP contribution in [0.4, 0.5) is 0 Å². The molecule has 0 bridgehead atoms. The summed E-state index contributed by atoms with van der Waals surface area (Å²) in [4.78, 5) is 10.8. The standard InChI is InChI=1S/2C46H26N2O.C44H26N4O/c1-2-11-27(12-3-1)47-45-32(33-23-26-41-44(46(33)47)36-16-7-9-20-40(36)49-41)22-25-39-43(45)35-15-6-8-19-37(35)48(39)38-24-21-31-29-14-5-4-13-28(29)30-17-10-18-34(38)42(30)31;1-2-11-27(12-3-1)47-37-19-8-6-15-35(37)43-39(47)25-22-32-33-23-26-41-44(36-16-7-9-20-40(36)49-41)46(33)48(45(32)43)38-24-21-31-29-14-5-4-13-28(29)30-17-10-18-34(38)42(30)31;1-3-13-27(14-4-1)41-31-17-7-10-20-34(31)45-44(46-41)48-42-29(30-24-26-38-40(43(30)48)33-19-9-12-22-37(33)49-38)23-25-36-39(42)32-18-8-11-21-35(32)47(36)28-15-5-2-6-16-28/h3*1-26H. The zero-order valence-corrected chi connectivity index (χ0v) is 78.8. The Kier molecular flexibility index (Phi) is 16.5. The van der Waals surface area contributed by atoms with E-state index in [1.165, 1.54) is 170 Å². The van der Waals surface area contributed by atoms with E-state index >= 15 is 0 Å². The monoisotopic (exact) mass is 1870 g/mol. The van der Waals surface area contributed by atoms with Crippen LogP contribution in [-0.2, 0) is 0 Å². The molecule has 0 fully saturated rings. The van der Waals surface area contributed by atoms with Gasteiger partial charge < -0.3 is 36.1 Å². The van der Waals surface area contributed by atoms with Crippen LogP contribution >= 0.6 is 0 Å². The lowest BCUT2D eigenvalue weighted by Gasteiger charge is -2.15. The van der Waals surface area contributed by atoms with Gasteiger partial charge >= 0.3 is 0 Å². The SMILES string of the molecule is c1ccc(-c2nc(-n3c4c(ccc5oc6ccccc6c54)c4ccc5c(c6ccccc6n5-c5ccccc5)c43)nc3ccccc23)cc1.c1ccc(-n2c3c(ccc4oc5ccccc5c43)c3ccc4c(c5ccccc5n4-c4ccc5c6c(cccc46)-c4ccccc4-5)c32)cc1.c1ccc(-n2c3ccccc3c3c2ccc2c4ccc5oc6ccccc6c5c4n(-c4ccc5c6c(cccc46)-c4ccccc4-5)c23)cc1. The lowest BCUT2D eigenvalue weighted by molar-refractivity contribution is 0.669. The normalized spacial score (nSPS) is 12.4. The van der Waals surface area contributed by atoms with Gasteiger partial charge in [-0.2, -0.15) is 0 Å². The van der Waals surface area contributed by atoms with Crippen LogP contribution in [0.1, 0.15) is 0 Å². The first kappa shape index (κ1) is 79.9. The van der Waals surface area contributed by atoms with E-state index in [1.807, 2.05) is 30.3 Å². The van der Waals surface area contributed by atoms with Gasteiger partial charge in [-0.3, -0.25) is 4.57 Å². The predicted octanol–water partition coefficient (Wildman–Crippen LogP) is 36.6. The quantitative estimate of drug-likeness (QED) is 0.158. The average molecular weight is 1870 g/mol. The first-order valence-corrected chi connectivity index (χ1v) is 50.3. The lowest BCUT2D eigenvalue weighted by atomic mass is 10.0. The minimum atomic E-state index is 0.624. The molecule has 2 aliphatic carbocycles. The van der Waals surface area contributed by atoms with E-state index in [0.29, 0.717) is 5.95 Å². The van der Waals surface area contributed by atoms with Crippen LogP contribution in [0.2, 0.25) is 0 Å². The largest absolute Gasteiger partial charge is 0.456 e. The summed E-state index contributed by atoms with van der Waals surface area (Å²) in [5.74, 6) is 0.624. The Morgan fingerprint density at radius 3 is 0.891 bits per heavy atom. The van der Waals surface area contributed by atoms with Gasteiger partial charge in [0, 0.05) is 120 Å². The second kappa shape index (κ2) is 30.3. The highest BCUT2D eigenvalue weighted by Crippen LogP contribution is 2.56. The summed E-state index contributed by atoms with van der Waals surface area (Å²) >= 11 is 0. The second-order valence-electron chi connectivity index (χ2n) is 39.0. The van der Waals surface area contributed by atoms with Gasteiger partial charge in [0.1, 0.15) is 33.5 Å². The van der Waals surface area contributed by atoms with Crippen molar-refractivity contribution in [2.45, 2.75) is 0 Å². The number of aromatic nitrogens is 8. The van der Waals surface area contributed by atoms with Crippen molar-refractivity contribution in [2.24, 2.45) is 0 Å². The number of furan rings is 3. The molecule has 33 aromatic rings. The fraction of sp³-hybridized carbons (Fsp3) is 0. The minimum Gasteiger partial charge on any atom is -0.456 e. The Hall–Kier alpha value is -19.9. The van der Waals surface area contributed by atoms with Gasteiger partial charge in [0.2, 0.25) is 5.95 Å². The van der Waals surface area contributed by atoms with Gasteiger partial charge in [-0.25, -0.2) is 9.97 Å². The number of nitrogens with zero attached hydrogens (tertiary/aromatic N) is 8. The first-order valence-electron chi connectivity index (χ1n) is 50.3. The number of hydrogen-bond donors (Lipinski definition) is 0. The van der Waals surface area contributed by atoms with Crippen molar-refractivity contribution in [3.63, 3.8) is 0 Å². The molecule has 0 saturated heterocycles. The third-order valence-corrected chi connectivity index (χ3v) is 31.6. The predicted molar refractivity (Wildman–Crippen MR) is 610 cm³/mol. The highest BCUT2D eigenvalue weighted by atomic mass is 16.3. The molecule has 11 nitrogen and oxygen atoms in total. The van der Waals surface area contributed by atoms with Crippen LogP contribution in [0.5, 0.6) is 0 Å². The van der Waals surface area contributed by atoms with Crippen LogP contribution in [-0.4, -0.2) is 37.4 Å². The minimum absolute atomic E-state index is 0.624. The van der Waals surface area contributed by atoms with E-state index in [4.69, 9.17) is 23.2 Å². The third kappa shape index (κ3) is 11.1. The van der Waals surface area contributed by atoms with Crippen molar-refractivity contribution < 1.29 is 13.3 Å². The van der Waals surface area contributed by atoms with E-state index in [1.54, 1.807) is 0 Å². The Morgan fingerprint density at radius 1 is 0.150 bits per heavy atom. The number of benzene rings is 23. The summed E-state index contributed by atoms with van der Waals surface area (Å²) in [5.41, 5.74) is 38.4. The molecular formula is C136H78N8O3. The molecule has 680 valence electrons. The molecule has 0 N–H and O–H groups in total. The van der Waals surface area contributed by atoms with Gasteiger partial charge in [-0.05, 0) is 201 Å². The zero-order chi connectivity index (χ0) is 95.6. The van der Waals surface area contributed by atoms with Crippen LogP contribution in [0.15, 0.2) is 486 Å². The van der Waals surface area contributed by atoms with Crippen molar-refractivity contribution in [2.75, 3.05) is 0 Å². The molecule has 0 amide bonds. The van der Waals surface area contributed by atoms with Crippen LogP contribution in [0.25, 0.3) is 319 Å². The summed E-state index contributed by atoms with van der Waals surface area (Å²) in [6, 6.07) is 170. The van der Waals surface area contributed by atoms with Gasteiger partial charge in [0.15, 0.2) is 0 Å². The summed E-state index contributed by atoms with van der Waals surface area (Å²) in [5, 5.41) is 27.4. The fourth-order valence-electron chi connectivity index (χ4n) is 25.8. The second-order valence-corrected chi connectivity index (χ2v) is 39.0. The van der Waals surface area contributed by atoms with Crippen LogP contribution in [0, 0.1) is 0 Å². The van der Waals surface area contributed by atoms with Crippen molar-refractivity contribution in [3.8, 4) is 90.2 Å². The molecular weight excluding hydrogens is 1790 g/mol. The molecule has 10 heterocycles. The number of para-hydroxylation sites is 10. The Bertz CT molecular complexity index is 11500. The summed E-state index contributed by atoms with van der Waals surface area (Å²) < 4.78 is 34.1. The van der Waals surface area contributed by atoms with Crippen molar-refractivity contribution in [1.29, 1.82) is 0 Å². The maximum absolute atomic E-state index is 6.53. The van der Waals surface area contributed by atoms with Gasteiger partial charge in [-0.15, -0.1) is 0 Å². The Balaban J connectivity index is 0.0000000962. The third-order valence-electron chi connectivity index (χ3n) is 31.6. The molecule has 11 heteroatoms. The van der Waals surface area contributed by atoms with E-state index in [2.05, 4.69) is 470 Å². The number of rotatable bonds is 7. The smallest absolute Gasteiger partial charge is 0.235 e. The molecule has 2 aliphatic rings. The van der Waals surface area contributed by atoms with Crippen molar-refractivity contribution in [1.82, 2.24) is 37.4 Å². The number of hydrogen-bond acceptors (Lipinski definition) is 5. The zero-order valence-electron chi connectivity index (χ0n) is 78.8. The topological polar surface area (TPSA) is 94.8 Å². The molecule has 0 saturated carbocycles. The Morgan fingerprint density at radius 2 is 0.449 bits per heavy atom. The van der Waals surface area contributed by atoms with E-state index in [-0.39, 0.29) is 0 Å². The molecule has 10 aromatic heterocycles. The highest BCUT2D eigenvalue weighted by Gasteiger charge is 2.34. The van der Waals surface area contributed by atoms with Crippen molar-refractivity contribution >= 4 is 229 Å². The van der Waals surface area contributed by atoms with E-state index in [9.17, 15) is 0 Å². The molecule has 0 unspecified atom stereocenters. The summed E-state index contributed by atoms with van der Waals surface area (Å²) in [6.07, 6.45) is 0. The molecule has 0 radical (unpaired) electrons. The van der Waals surface area contributed by atoms with Crippen molar-refractivity contribution in [3.05, 3.63) is 473 Å². The van der Waals surface area contributed by atoms with Gasteiger partial charge in [0.25, 0.3) is 0 Å². The Labute approximate surface area is 837 Å². The number of fused-ring (bicyclic) bond motifs is 40. The maximum Gasteiger partial charge on any atom is 0.235 e. The lowest BCUT2D eigenvalue weighted by Crippen LogP contribution is -2.04. The molecule has 0 spiro atoms. The van der Waals surface area contributed by atoms with Gasteiger partial charge in [-0.1, -0.05) is 328 Å². The van der Waals surface area contributed by atoms with Gasteiger partial charge in [0.05, 0.1) is 105 Å².